The van der Waals surface area contributed by atoms with Crippen LogP contribution in [0.4, 0.5) is 0 Å². The first-order valence-corrected chi connectivity index (χ1v) is 11.2. The van der Waals surface area contributed by atoms with Crippen LogP contribution in [0.2, 0.25) is 0 Å². The summed E-state index contributed by atoms with van der Waals surface area (Å²) in [6.45, 7) is 6.69. The number of nitrogens with zero attached hydrogens (tertiary/aromatic N) is 3. The average Bonchev–Trinajstić information content (AvgIpc) is 3.06. The fourth-order valence-corrected chi connectivity index (χ4v) is 4.85. The first-order chi connectivity index (χ1) is 14.7. The molecule has 0 atom stereocenters. The molecule has 1 N–H and O–H groups in total. The quantitative estimate of drug-likeness (QED) is 0.498. The lowest BCUT2D eigenvalue weighted by Gasteiger charge is -2.19. The summed E-state index contributed by atoms with van der Waals surface area (Å²) in [5.41, 5.74) is 3.51. The second-order valence-corrected chi connectivity index (χ2v) is 8.76. The van der Waals surface area contributed by atoms with Crippen LogP contribution in [0.15, 0.2) is 40.6 Å². The Labute approximate surface area is 190 Å². The molecular weight excluding hydrogens is 432 g/mol. The molecule has 1 fully saturated rings. The molecule has 1 saturated heterocycles. The van der Waals surface area contributed by atoms with Crippen molar-refractivity contribution in [1.29, 1.82) is 0 Å². The first-order valence-electron chi connectivity index (χ1n) is 10.3. The van der Waals surface area contributed by atoms with Gasteiger partial charge >= 0.3 is 0 Å². The number of aromatic amines is 1. The molecule has 0 amide bonds. The number of nitrogens with one attached hydrogen (secondary N) is 1. The molecule has 31 heavy (non-hydrogen) atoms. The summed E-state index contributed by atoms with van der Waals surface area (Å²) in [6, 6.07) is 8.17. The fraction of sp³-hybridized carbons (Fsp3) is 0.348. The van der Waals surface area contributed by atoms with E-state index in [-0.39, 0.29) is 18.0 Å². The van der Waals surface area contributed by atoms with Crippen molar-refractivity contribution in [3.63, 3.8) is 0 Å². The predicted molar refractivity (Wildman–Crippen MR) is 129 cm³/mol. The van der Waals surface area contributed by atoms with E-state index >= 15 is 0 Å². The van der Waals surface area contributed by atoms with Crippen LogP contribution >= 0.6 is 23.7 Å². The molecule has 0 bridgehead atoms. The number of hydrogen-bond donors (Lipinski definition) is 1. The van der Waals surface area contributed by atoms with Crippen molar-refractivity contribution in [1.82, 2.24) is 19.9 Å². The maximum Gasteiger partial charge on any atom is 0.259 e. The van der Waals surface area contributed by atoms with Gasteiger partial charge in [-0.2, -0.15) is 0 Å². The summed E-state index contributed by atoms with van der Waals surface area (Å²) in [7, 11) is 0. The standard InChI is InChI=1S/C23H24N4O2S.ClH/c1-15-11-16(3-6-27-5-2-8-29-9-7-27)12-18-21(15)25-22(26-23(18)28)19-13-20-17(14-24-19)4-10-30-20;/h4,10-14H,2-3,5-9H2,1H3,(H,25,26,28);1H. The summed E-state index contributed by atoms with van der Waals surface area (Å²) in [5.74, 6) is 0.517. The van der Waals surface area contributed by atoms with Gasteiger partial charge in [0, 0.05) is 42.5 Å². The molecule has 1 aromatic carbocycles. The van der Waals surface area contributed by atoms with E-state index in [9.17, 15) is 4.79 Å². The number of H-pyrrole nitrogens is 1. The van der Waals surface area contributed by atoms with E-state index in [1.165, 1.54) is 5.56 Å². The van der Waals surface area contributed by atoms with E-state index in [0.29, 0.717) is 16.9 Å². The SMILES string of the molecule is Cc1cc(CCN2CCCOCC2)cc2c(=O)[nH]c(-c3cc4sccc4cn3)nc12.Cl. The minimum Gasteiger partial charge on any atom is -0.380 e. The van der Waals surface area contributed by atoms with Crippen molar-refractivity contribution < 1.29 is 4.74 Å². The molecule has 0 saturated carbocycles. The van der Waals surface area contributed by atoms with Gasteiger partial charge in [-0.05, 0) is 54.5 Å². The highest BCUT2D eigenvalue weighted by Gasteiger charge is 2.13. The zero-order chi connectivity index (χ0) is 20.5. The van der Waals surface area contributed by atoms with Gasteiger partial charge in [-0.3, -0.25) is 9.78 Å². The zero-order valence-electron chi connectivity index (χ0n) is 17.4. The Morgan fingerprint density at radius 1 is 1.23 bits per heavy atom. The predicted octanol–water partition coefficient (Wildman–Crippen LogP) is 4.19. The number of pyridine rings is 1. The fourth-order valence-electron chi connectivity index (χ4n) is 4.05. The van der Waals surface area contributed by atoms with E-state index in [0.717, 1.165) is 66.9 Å². The maximum absolute atomic E-state index is 12.9. The van der Waals surface area contributed by atoms with Gasteiger partial charge in [-0.15, -0.1) is 23.7 Å². The summed E-state index contributed by atoms with van der Waals surface area (Å²) < 4.78 is 6.67. The van der Waals surface area contributed by atoms with Crippen molar-refractivity contribution in [2.45, 2.75) is 19.8 Å². The highest BCUT2D eigenvalue weighted by Crippen LogP contribution is 2.25. The lowest BCUT2D eigenvalue weighted by Crippen LogP contribution is -2.28. The van der Waals surface area contributed by atoms with E-state index in [1.807, 2.05) is 36.7 Å². The average molecular weight is 457 g/mol. The second kappa shape index (κ2) is 9.44. The minimum atomic E-state index is -0.115. The molecule has 0 aliphatic carbocycles. The van der Waals surface area contributed by atoms with E-state index in [4.69, 9.17) is 9.72 Å². The second-order valence-electron chi connectivity index (χ2n) is 7.81. The molecule has 0 spiro atoms. The molecule has 5 rings (SSSR count). The van der Waals surface area contributed by atoms with Crippen molar-refractivity contribution in [2.24, 2.45) is 0 Å². The minimum absolute atomic E-state index is 0. The first kappa shape index (κ1) is 21.9. The Kier molecular flexibility index (Phi) is 6.67. The van der Waals surface area contributed by atoms with Gasteiger partial charge in [0.05, 0.1) is 17.5 Å². The van der Waals surface area contributed by atoms with Crippen LogP contribution in [0.25, 0.3) is 32.5 Å². The number of fused-ring (bicyclic) bond motifs is 2. The van der Waals surface area contributed by atoms with Gasteiger partial charge in [-0.25, -0.2) is 4.98 Å². The number of aromatic nitrogens is 3. The molecule has 1 aliphatic rings. The highest BCUT2D eigenvalue weighted by molar-refractivity contribution is 7.17. The van der Waals surface area contributed by atoms with Crippen molar-refractivity contribution in [2.75, 3.05) is 32.8 Å². The number of rotatable bonds is 4. The van der Waals surface area contributed by atoms with Crippen LogP contribution < -0.4 is 5.56 Å². The van der Waals surface area contributed by atoms with Gasteiger partial charge in [0.2, 0.25) is 0 Å². The summed E-state index contributed by atoms with van der Waals surface area (Å²) in [5, 5.41) is 3.78. The van der Waals surface area contributed by atoms with Crippen molar-refractivity contribution in [3.05, 3.63) is 57.3 Å². The lowest BCUT2D eigenvalue weighted by atomic mass is 10.0. The number of thiophene rings is 1. The third-order valence-corrected chi connectivity index (χ3v) is 6.55. The van der Waals surface area contributed by atoms with Crippen LogP contribution in [0.5, 0.6) is 0 Å². The monoisotopic (exact) mass is 456 g/mol. The molecule has 8 heteroatoms. The molecule has 4 heterocycles. The van der Waals surface area contributed by atoms with Gasteiger partial charge < -0.3 is 14.6 Å². The summed E-state index contributed by atoms with van der Waals surface area (Å²) >= 11 is 1.66. The Morgan fingerprint density at radius 2 is 2.13 bits per heavy atom. The van der Waals surface area contributed by atoms with Crippen molar-refractivity contribution >= 4 is 44.7 Å². The maximum atomic E-state index is 12.9. The Hall–Kier alpha value is -2.32. The molecule has 1 aliphatic heterocycles. The van der Waals surface area contributed by atoms with Gasteiger partial charge in [0.25, 0.3) is 5.56 Å². The van der Waals surface area contributed by atoms with Crippen molar-refractivity contribution in [3.8, 4) is 11.5 Å². The third kappa shape index (κ3) is 4.65. The number of benzene rings is 1. The van der Waals surface area contributed by atoms with Crippen LogP contribution in [0.3, 0.4) is 0 Å². The Balaban J connectivity index is 0.00000231. The van der Waals surface area contributed by atoms with Gasteiger partial charge in [-0.1, -0.05) is 6.07 Å². The number of ether oxygens (including phenoxy) is 1. The van der Waals surface area contributed by atoms with Gasteiger partial charge in [0.1, 0.15) is 5.69 Å². The van der Waals surface area contributed by atoms with Crippen LogP contribution in [0, 0.1) is 6.92 Å². The molecule has 0 radical (unpaired) electrons. The molecule has 4 aromatic rings. The lowest BCUT2D eigenvalue weighted by molar-refractivity contribution is 0.141. The topological polar surface area (TPSA) is 71.1 Å². The third-order valence-electron chi connectivity index (χ3n) is 5.67. The number of halogens is 1. The highest BCUT2D eigenvalue weighted by atomic mass is 35.5. The number of aryl methyl sites for hydroxylation is 1. The van der Waals surface area contributed by atoms with Crippen LogP contribution in [-0.4, -0.2) is 52.7 Å². The molecule has 6 nitrogen and oxygen atoms in total. The number of hydrogen-bond acceptors (Lipinski definition) is 6. The molecule has 0 unspecified atom stereocenters. The van der Waals surface area contributed by atoms with Crippen LogP contribution in [0.1, 0.15) is 17.5 Å². The van der Waals surface area contributed by atoms with Crippen LogP contribution in [-0.2, 0) is 11.2 Å². The smallest absolute Gasteiger partial charge is 0.259 e. The van der Waals surface area contributed by atoms with E-state index in [1.54, 1.807) is 11.3 Å². The Bertz CT molecular complexity index is 1260. The normalized spacial score (nSPS) is 15.1. The largest absolute Gasteiger partial charge is 0.380 e. The Morgan fingerprint density at radius 3 is 3.03 bits per heavy atom. The zero-order valence-corrected chi connectivity index (χ0v) is 19.0. The molecular formula is C23H25ClN4O2S. The van der Waals surface area contributed by atoms with E-state index in [2.05, 4.69) is 20.9 Å². The summed E-state index contributed by atoms with van der Waals surface area (Å²) in [6.07, 6.45) is 3.82. The van der Waals surface area contributed by atoms with Gasteiger partial charge in [0.15, 0.2) is 5.82 Å². The summed E-state index contributed by atoms with van der Waals surface area (Å²) in [4.78, 5) is 27.5. The van der Waals surface area contributed by atoms with E-state index < -0.39 is 0 Å². The molecule has 162 valence electrons. The molecule has 3 aromatic heterocycles.